The predicted molar refractivity (Wildman–Crippen MR) is 67.5 cm³/mol. The van der Waals surface area contributed by atoms with Gasteiger partial charge in [0.05, 0.1) is 18.4 Å². The molecule has 1 heterocycles. The molecule has 1 aliphatic carbocycles. The quantitative estimate of drug-likeness (QED) is 0.636. The van der Waals surface area contributed by atoms with Crippen molar-refractivity contribution in [2.24, 2.45) is 11.8 Å². The van der Waals surface area contributed by atoms with E-state index in [2.05, 4.69) is 11.8 Å². The van der Waals surface area contributed by atoms with E-state index in [1.165, 1.54) is 17.0 Å². The first kappa shape index (κ1) is 12.8. The Bertz CT molecular complexity index is 639. The molecule has 102 valence electrons. The Hall–Kier alpha value is -2.19. The molecule has 5 heteroatoms. The highest BCUT2D eigenvalue weighted by atomic mass is 19.1. The van der Waals surface area contributed by atoms with Crippen LogP contribution in [0.4, 0.5) is 4.39 Å². The highest BCUT2D eigenvalue weighted by Crippen LogP contribution is 2.47. The van der Waals surface area contributed by atoms with E-state index in [4.69, 9.17) is 5.11 Å². The largest absolute Gasteiger partial charge is 0.384 e. The number of carbonyl (C=O) groups excluding carboxylic acids is 2. The first-order valence-corrected chi connectivity index (χ1v) is 6.34. The molecule has 20 heavy (non-hydrogen) atoms. The van der Waals surface area contributed by atoms with Crippen molar-refractivity contribution in [3.63, 3.8) is 0 Å². The van der Waals surface area contributed by atoms with E-state index >= 15 is 0 Å². The molecule has 1 aromatic rings. The summed E-state index contributed by atoms with van der Waals surface area (Å²) in [6, 6.07) is 4.15. The Morgan fingerprint density at radius 1 is 1.25 bits per heavy atom. The number of likely N-dealkylation sites (tertiary alicyclic amines) is 1. The van der Waals surface area contributed by atoms with Gasteiger partial charge in [-0.2, -0.15) is 0 Å². The number of hydrogen-bond donors (Lipinski definition) is 1. The van der Waals surface area contributed by atoms with E-state index in [1.54, 1.807) is 6.07 Å². The highest BCUT2D eigenvalue weighted by molar-refractivity contribution is 6.08. The first-order chi connectivity index (χ1) is 9.60. The molecule has 2 atom stereocenters. The average Bonchev–Trinajstić information content (AvgIpc) is 3.16. The average molecular weight is 273 g/mol. The zero-order chi connectivity index (χ0) is 14.3. The van der Waals surface area contributed by atoms with Crippen molar-refractivity contribution in [1.29, 1.82) is 0 Å². The lowest BCUT2D eigenvalue weighted by molar-refractivity contribution is -0.142. The number of aliphatic hydroxyl groups excluding tert-OH is 1. The van der Waals surface area contributed by atoms with Gasteiger partial charge in [-0.15, -0.1) is 0 Å². The van der Waals surface area contributed by atoms with E-state index in [1.807, 2.05) is 0 Å². The predicted octanol–water partition coefficient (Wildman–Crippen LogP) is 0.674. The number of amides is 2. The van der Waals surface area contributed by atoms with Gasteiger partial charge in [-0.1, -0.05) is 11.8 Å². The third-order valence-corrected chi connectivity index (χ3v) is 3.57. The lowest BCUT2D eigenvalue weighted by atomic mass is 10.1. The minimum Gasteiger partial charge on any atom is -0.384 e. The molecule has 0 bridgehead atoms. The van der Waals surface area contributed by atoms with E-state index in [0.29, 0.717) is 17.5 Å². The van der Waals surface area contributed by atoms with Crippen LogP contribution < -0.4 is 0 Å². The standard InChI is InChI=1S/C15H12FNO3/c16-11-5-9(2-1-3-18)4-10(6-11)8-17-14(19)12-7-13(12)15(17)20/h4-6,12-13,18H,3,7-8H2. The minimum atomic E-state index is -0.478. The molecule has 0 spiro atoms. The van der Waals surface area contributed by atoms with Crippen molar-refractivity contribution < 1.29 is 19.1 Å². The zero-order valence-corrected chi connectivity index (χ0v) is 10.6. The van der Waals surface area contributed by atoms with Gasteiger partial charge in [0.1, 0.15) is 12.4 Å². The number of fused-ring (bicyclic) bond motifs is 1. The number of benzene rings is 1. The Labute approximate surface area is 115 Å². The smallest absolute Gasteiger partial charge is 0.233 e. The molecule has 1 N–H and O–H groups in total. The fourth-order valence-corrected chi connectivity index (χ4v) is 2.54. The summed E-state index contributed by atoms with van der Waals surface area (Å²) in [5.74, 6) is 3.95. The van der Waals surface area contributed by atoms with Gasteiger partial charge in [-0.3, -0.25) is 14.5 Å². The van der Waals surface area contributed by atoms with Crippen LogP contribution in [0.3, 0.4) is 0 Å². The number of halogens is 1. The number of imide groups is 1. The van der Waals surface area contributed by atoms with Crippen molar-refractivity contribution in [1.82, 2.24) is 4.90 Å². The van der Waals surface area contributed by atoms with Crippen LogP contribution in [0.25, 0.3) is 0 Å². The van der Waals surface area contributed by atoms with Crippen molar-refractivity contribution >= 4 is 11.8 Å². The fourth-order valence-electron chi connectivity index (χ4n) is 2.54. The molecular weight excluding hydrogens is 261 g/mol. The van der Waals surface area contributed by atoms with Crippen molar-refractivity contribution in [2.75, 3.05) is 6.61 Å². The van der Waals surface area contributed by atoms with Gasteiger partial charge in [-0.05, 0) is 30.2 Å². The summed E-state index contributed by atoms with van der Waals surface area (Å²) in [5.41, 5.74) is 0.938. The van der Waals surface area contributed by atoms with Gasteiger partial charge in [0, 0.05) is 5.56 Å². The fraction of sp³-hybridized carbons (Fsp3) is 0.333. The number of hydrogen-bond acceptors (Lipinski definition) is 3. The second-order valence-corrected chi connectivity index (χ2v) is 5.02. The Balaban J connectivity index is 1.82. The number of rotatable bonds is 2. The molecule has 2 unspecified atom stereocenters. The van der Waals surface area contributed by atoms with E-state index in [9.17, 15) is 14.0 Å². The number of nitrogens with zero attached hydrogens (tertiary/aromatic N) is 1. The molecule has 1 saturated heterocycles. The van der Waals surface area contributed by atoms with Gasteiger partial charge in [0.15, 0.2) is 0 Å². The number of carbonyl (C=O) groups is 2. The summed E-state index contributed by atoms with van der Waals surface area (Å²) in [6.45, 7) is -0.228. The van der Waals surface area contributed by atoms with Crippen molar-refractivity contribution in [3.05, 3.63) is 35.1 Å². The van der Waals surface area contributed by atoms with E-state index < -0.39 is 5.82 Å². The van der Waals surface area contributed by atoms with Crippen LogP contribution in [0.2, 0.25) is 0 Å². The molecule has 4 nitrogen and oxygen atoms in total. The van der Waals surface area contributed by atoms with Gasteiger partial charge < -0.3 is 5.11 Å². The third kappa shape index (κ3) is 2.19. The van der Waals surface area contributed by atoms with E-state index in [-0.39, 0.29) is 36.8 Å². The molecule has 0 radical (unpaired) electrons. The SMILES string of the molecule is O=C1C2CC2C(=O)N1Cc1cc(F)cc(C#CCO)c1. The maximum Gasteiger partial charge on any atom is 0.233 e. The van der Waals surface area contributed by atoms with Crippen LogP contribution in [0.5, 0.6) is 0 Å². The summed E-state index contributed by atoms with van der Waals surface area (Å²) in [7, 11) is 0. The van der Waals surface area contributed by atoms with Crippen LogP contribution in [0.15, 0.2) is 18.2 Å². The Kier molecular flexibility index (Phi) is 3.03. The van der Waals surface area contributed by atoms with Crippen LogP contribution in [-0.4, -0.2) is 28.4 Å². The lowest BCUT2D eigenvalue weighted by Gasteiger charge is -2.16. The molecule has 1 aliphatic heterocycles. The summed E-state index contributed by atoms with van der Waals surface area (Å²) in [6.07, 6.45) is 0.657. The lowest BCUT2D eigenvalue weighted by Crippen LogP contribution is -2.32. The second-order valence-electron chi connectivity index (χ2n) is 5.02. The monoisotopic (exact) mass is 273 g/mol. The molecule has 0 aromatic heterocycles. The summed E-state index contributed by atoms with van der Waals surface area (Å²) in [5, 5.41) is 8.63. The number of aliphatic hydroxyl groups is 1. The zero-order valence-electron chi connectivity index (χ0n) is 10.6. The summed E-state index contributed by atoms with van der Waals surface area (Å²) < 4.78 is 13.5. The van der Waals surface area contributed by atoms with Gasteiger partial charge in [0.2, 0.25) is 11.8 Å². The van der Waals surface area contributed by atoms with Crippen molar-refractivity contribution in [2.45, 2.75) is 13.0 Å². The van der Waals surface area contributed by atoms with Gasteiger partial charge >= 0.3 is 0 Å². The normalized spacial score (nSPS) is 23.4. The van der Waals surface area contributed by atoms with Crippen LogP contribution in [-0.2, 0) is 16.1 Å². The first-order valence-electron chi connectivity index (χ1n) is 6.34. The molecule has 1 saturated carbocycles. The maximum absolute atomic E-state index is 13.5. The minimum absolute atomic E-state index is 0.0796. The number of piperidine rings is 1. The Morgan fingerprint density at radius 3 is 2.60 bits per heavy atom. The molecular formula is C15H12FNO3. The molecule has 3 rings (SSSR count). The highest BCUT2D eigenvalue weighted by Gasteiger charge is 2.58. The third-order valence-electron chi connectivity index (χ3n) is 3.57. The maximum atomic E-state index is 13.5. The molecule has 2 aliphatic rings. The Morgan fingerprint density at radius 2 is 1.95 bits per heavy atom. The summed E-state index contributed by atoms with van der Waals surface area (Å²) in [4.78, 5) is 24.9. The molecule has 2 fully saturated rings. The van der Waals surface area contributed by atoms with Crippen molar-refractivity contribution in [3.8, 4) is 11.8 Å². The summed E-state index contributed by atoms with van der Waals surface area (Å²) >= 11 is 0. The van der Waals surface area contributed by atoms with Crippen LogP contribution in [0.1, 0.15) is 17.5 Å². The van der Waals surface area contributed by atoms with Gasteiger partial charge in [0.25, 0.3) is 0 Å². The van der Waals surface area contributed by atoms with Crippen LogP contribution in [0, 0.1) is 29.5 Å². The van der Waals surface area contributed by atoms with Gasteiger partial charge in [-0.25, -0.2) is 4.39 Å². The second kappa shape index (κ2) is 4.73. The molecule has 1 aromatic carbocycles. The molecule has 2 amide bonds. The van der Waals surface area contributed by atoms with E-state index in [0.717, 1.165) is 0 Å². The van der Waals surface area contributed by atoms with Crippen LogP contribution >= 0.6 is 0 Å². The topological polar surface area (TPSA) is 57.6 Å².